The lowest BCUT2D eigenvalue weighted by molar-refractivity contribution is 0.246. The summed E-state index contributed by atoms with van der Waals surface area (Å²) in [7, 11) is 1.85. The molecule has 0 spiro atoms. The SMILES string of the molecule is BP(F)OCCOP(C)P. The van der Waals surface area contributed by atoms with E-state index in [1.54, 1.807) is 0 Å². The topological polar surface area (TPSA) is 18.5 Å². The summed E-state index contributed by atoms with van der Waals surface area (Å²) in [5.41, 5.74) is 0. The van der Waals surface area contributed by atoms with Crippen molar-refractivity contribution in [1.82, 2.24) is 0 Å². The molecular formula is C3H11BFO2P3. The van der Waals surface area contributed by atoms with Crippen molar-refractivity contribution in [2.24, 2.45) is 0 Å². The van der Waals surface area contributed by atoms with Gasteiger partial charge in [0.05, 0.1) is 13.2 Å². The fourth-order valence-electron chi connectivity index (χ4n) is 0.344. The highest BCUT2D eigenvalue weighted by atomic mass is 32.0. The first-order valence-electron chi connectivity index (χ1n) is 2.76. The zero-order chi connectivity index (χ0) is 7.98. The Bertz CT molecular complexity index is 74.1. The molecule has 0 aliphatic heterocycles. The summed E-state index contributed by atoms with van der Waals surface area (Å²) in [4.78, 5) is 0. The predicted molar refractivity (Wildman–Crippen MR) is 51.0 cm³/mol. The molecule has 0 saturated heterocycles. The minimum absolute atomic E-state index is 0.361. The van der Waals surface area contributed by atoms with E-state index in [9.17, 15) is 4.20 Å². The molecule has 7 heteroatoms. The molecule has 0 saturated carbocycles. The second-order valence-corrected chi connectivity index (χ2v) is 6.26. The van der Waals surface area contributed by atoms with Crippen molar-refractivity contribution in [1.29, 1.82) is 0 Å². The fourth-order valence-corrected chi connectivity index (χ4v) is 1.35. The highest BCUT2D eigenvalue weighted by molar-refractivity contribution is 8.10. The zero-order valence-corrected chi connectivity index (χ0v) is 9.02. The Balaban J connectivity index is 2.91. The first kappa shape index (κ1) is 11.2. The number of halogens is 1. The van der Waals surface area contributed by atoms with Gasteiger partial charge in [-0.1, -0.05) is 8.93 Å². The van der Waals surface area contributed by atoms with Crippen molar-refractivity contribution in [3.05, 3.63) is 0 Å². The molecule has 0 fully saturated rings. The third-order valence-electron chi connectivity index (χ3n) is 0.647. The maximum atomic E-state index is 12.0. The standard InChI is InChI=1S/C3H11BFO2P3/c1-9(8)6-2-3-7-10(4)5/h2-4,8H2,1H3. The molecule has 3 atom stereocenters. The van der Waals surface area contributed by atoms with Crippen LogP contribution in [0.1, 0.15) is 0 Å². The molecule has 0 N–H and O–H groups in total. The van der Waals surface area contributed by atoms with Crippen LogP contribution in [0.2, 0.25) is 0 Å². The van der Waals surface area contributed by atoms with Gasteiger partial charge in [0, 0.05) is 7.84 Å². The second-order valence-electron chi connectivity index (χ2n) is 1.63. The Labute approximate surface area is 66.5 Å². The second kappa shape index (κ2) is 6.89. The largest absolute Gasteiger partial charge is 0.353 e. The molecule has 3 unspecified atom stereocenters. The van der Waals surface area contributed by atoms with Gasteiger partial charge in [-0.25, -0.2) is 4.20 Å². The van der Waals surface area contributed by atoms with Crippen molar-refractivity contribution < 1.29 is 13.2 Å². The molecule has 0 bridgehead atoms. The molecule has 60 valence electrons. The molecule has 0 aromatic carbocycles. The summed E-state index contributed by atoms with van der Waals surface area (Å²) in [6, 6.07) is 0. The maximum Gasteiger partial charge on any atom is 0.211 e. The highest BCUT2D eigenvalue weighted by Gasteiger charge is 1.97. The van der Waals surface area contributed by atoms with Gasteiger partial charge >= 0.3 is 0 Å². The van der Waals surface area contributed by atoms with E-state index in [4.69, 9.17) is 4.52 Å². The van der Waals surface area contributed by atoms with E-state index in [0.717, 1.165) is 0 Å². The van der Waals surface area contributed by atoms with Gasteiger partial charge in [0.25, 0.3) is 0 Å². The summed E-state index contributed by atoms with van der Waals surface area (Å²) in [6.45, 7) is 2.81. The van der Waals surface area contributed by atoms with E-state index >= 15 is 0 Å². The molecule has 0 amide bonds. The van der Waals surface area contributed by atoms with Crippen LogP contribution in [0.3, 0.4) is 0 Å². The summed E-state index contributed by atoms with van der Waals surface area (Å²) < 4.78 is 21.8. The molecule has 0 radical (unpaired) electrons. The van der Waals surface area contributed by atoms with Crippen LogP contribution in [0.5, 0.6) is 0 Å². The molecule has 0 rings (SSSR count). The predicted octanol–water partition coefficient (Wildman–Crippen LogP) is 1.67. The Hall–Kier alpha value is 1.20. The monoisotopic (exact) mass is 202 g/mol. The van der Waals surface area contributed by atoms with Crippen LogP contribution in [0.15, 0.2) is 0 Å². The van der Waals surface area contributed by atoms with E-state index in [1.807, 2.05) is 6.66 Å². The van der Waals surface area contributed by atoms with Crippen LogP contribution in [0, 0.1) is 0 Å². The van der Waals surface area contributed by atoms with Gasteiger partial charge < -0.3 is 9.05 Å². The zero-order valence-electron chi connectivity index (χ0n) is 6.08. The average Bonchev–Trinajstić information content (AvgIpc) is 1.79. The Morgan fingerprint density at radius 2 is 2.00 bits per heavy atom. The van der Waals surface area contributed by atoms with Gasteiger partial charge in [-0.2, -0.15) is 0 Å². The van der Waals surface area contributed by atoms with Crippen molar-refractivity contribution in [3.63, 3.8) is 0 Å². The molecular weight excluding hydrogens is 191 g/mol. The van der Waals surface area contributed by atoms with E-state index in [2.05, 4.69) is 13.5 Å². The third kappa shape index (κ3) is 9.20. The van der Waals surface area contributed by atoms with Crippen LogP contribution in [-0.4, -0.2) is 27.4 Å². The lowest BCUT2D eigenvalue weighted by Crippen LogP contribution is -1.95. The molecule has 0 aliphatic rings. The van der Waals surface area contributed by atoms with Crippen LogP contribution in [0.25, 0.3) is 0 Å². The van der Waals surface area contributed by atoms with Crippen molar-refractivity contribution in [2.75, 3.05) is 19.9 Å². The number of rotatable bonds is 5. The lowest BCUT2D eigenvalue weighted by atomic mass is 10.8. The highest BCUT2D eigenvalue weighted by Crippen LogP contribution is 2.41. The van der Waals surface area contributed by atoms with E-state index in [1.165, 1.54) is 7.57 Å². The minimum Gasteiger partial charge on any atom is -0.353 e. The first-order valence-corrected chi connectivity index (χ1v) is 7.69. The van der Waals surface area contributed by atoms with Crippen molar-refractivity contribution >= 4 is 32.7 Å². The normalized spacial score (nSPS) is 16.7. The van der Waals surface area contributed by atoms with Crippen LogP contribution < -0.4 is 0 Å². The van der Waals surface area contributed by atoms with E-state index in [0.29, 0.717) is 13.2 Å². The molecule has 0 aliphatic carbocycles. The first-order chi connectivity index (χ1) is 4.63. The quantitative estimate of drug-likeness (QED) is 0.383. The van der Waals surface area contributed by atoms with E-state index in [-0.39, 0.29) is 0 Å². The maximum absolute atomic E-state index is 12.0. The minimum atomic E-state index is -1.71. The van der Waals surface area contributed by atoms with E-state index < -0.39 is 16.2 Å². The van der Waals surface area contributed by atoms with Gasteiger partial charge in [-0.15, -0.1) is 0 Å². The molecule has 0 aromatic rings. The number of hydrogen-bond acceptors (Lipinski definition) is 2. The summed E-state index contributed by atoms with van der Waals surface area (Å²) in [5.74, 6) is 0. The average molecular weight is 202 g/mol. The van der Waals surface area contributed by atoms with Crippen molar-refractivity contribution in [2.45, 2.75) is 0 Å². The molecule has 0 aromatic heterocycles. The van der Waals surface area contributed by atoms with Gasteiger partial charge in [0.2, 0.25) is 7.57 Å². The summed E-state index contributed by atoms with van der Waals surface area (Å²) in [6.07, 6.45) is 0. The van der Waals surface area contributed by atoms with Gasteiger partial charge in [0.15, 0.2) is 8.34 Å². The Morgan fingerprint density at radius 1 is 1.50 bits per heavy atom. The summed E-state index contributed by atoms with van der Waals surface area (Å²) in [5, 5.41) is 0. The van der Waals surface area contributed by atoms with Crippen LogP contribution in [-0.2, 0) is 9.05 Å². The third-order valence-corrected chi connectivity index (χ3v) is 2.22. The van der Waals surface area contributed by atoms with Crippen LogP contribution in [0.4, 0.5) is 4.20 Å². The Kier molecular flexibility index (Phi) is 7.72. The lowest BCUT2D eigenvalue weighted by Gasteiger charge is -2.07. The molecule has 0 heterocycles. The Morgan fingerprint density at radius 3 is 2.40 bits per heavy atom. The smallest absolute Gasteiger partial charge is 0.211 e. The van der Waals surface area contributed by atoms with Gasteiger partial charge in [-0.05, 0) is 6.66 Å². The van der Waals surface area contributed by atoms with Gasteiger partial charge in [0.1, 0.15) is 0 Å². The fraction of sp³-hybridized carbons (Fsp3) is 1.00. The van der Waals surface area contributed by atoms with Crippen LogP contribution >= 0.6 is 25.1 Å². The molecule has 2 nitrogen and oxygen atoms in total. The number of hydrogen-bond donors (Lipinski definition) is 0. The molecule has 10 heavy (non-hydrogen) atoms. The van der Waals surface area contributed by atoms with Crippen molar-refractivity contribution in [3.8, 4) is 0 Å². The van der Waals surface area contributed by atoms with Gasteiger partial charge in [-0.3, -0.25) is 0 Å². The summed E-state index contributed by atoms with van der Waals surface area (Å²) >= 11 is 0.